The fraction of sp³-hybridized carbons (Fsp3) is 0.526. The minimum absolute atomic E-state index is 0.0128. The minimum atomic E-state index is -0.377. The third kappa shape index (κ3) is 3.87. The number of methoxy groups -OCH3 is 1. The molecule has 1 aromatic rings. The van der Waals surface area contributed by atoms with Crippen LogP contribution >= 0.6 is 11.6 Å². The van der Waals surface area contributed by atoms with Gasteiger partial charge in [-0.1, -0.05) is 18.0 Å². The Hall–Kier alpha value is -1.88. The highest BCUT2D eigenvalue weighted by molar-refractivity contribution is 6.32. The van der Waals surface area contributed by atoms with Gasteiger partial charge in [0.25, 0.3) is 0 Å². The number of fused-ring (bicyclic) bond motifs is 2. The largest absolute Gasteiger partial charge is 0.495 e. The number of hydrogen-bond acceptors (Lipinski definition) is 5. The van der Waals surface area contributed by atoms with E-state index in [0.717, 1.165) is 19.3 Å². The molecule has 0 N–H and O–H groups in total. The zero-order chi connectivity index (χ0) is 18.0. The maximum atomic E-state index is 12.3. The topological polar surface area (TPSA) is 69.7 Å². The summed E-state index contributed by atoms with van der Waals surface area (Å²) in [7, 11) is 1.49. The van der Waals surface area contributed by atoms with E-state index in [1.807, 2.05) is 0 Å². The first-order chi connectivity index (χ1) is 12.0. The molecule has 0 amide bonds. The summed E-state index contributed by atoms with van der Waals surface area (Å²) in [6.07, 6.45) is 3.89. The Morgan fingerprint density at radius 1 is 1.20 bits per heavy atom. The van der Waals surface area contributed by atoms with E-state index >= 15 is 0 Å². The lowest BCUT2D eigenvalue weighted by Gasteiger charge is -2.36. The van der Waals surface area contributed by atoms with E-state index in [0.29, 0.717) is 35.0 Å². The quantitative estimate of drug-likeness (QED) is 0.591. The molecule has 3 atom stereocenters. The highest BCUT2D eigenvalue weighted by Gasteiger charge is 2.41. The smallest absolute Gasteiger partial charge is 0.309 e. The second kappa shape index (κ2) is 7.56. The lowest BCUT2D eigenvalue weighted by molar-refractivity contribution is -0.152. The molecule has 3 rings (SSSR count). The van der Waals surface area contributed by atoms with Gasteiger partial charge in [-0.2, -0.15) is 0 Å². The van der Waals surface area contributed by atoms with Crippen molar-refractivity contribution in [3.05, 3.63) is 28.8 Å². The molecule has 1 aromatic carbocycles. The van der Waals surface area contributed by atoms with Crippen LogP contribution in [0.3, 0.4) is 0 Å². The number of benzene rings is 1. The van der Waals surface area contributed by atoms with Gasteiger partial charge in [0.1, 0.15) is 11.5 Å². The maximum absolute atomic E-state index is 12.3. The van der Waals surface area contributed by atoms with Crippen molar-refractivity contribution in [2.45, 2.75) is 32.1 Å². The Morgan fingerprint density at radius 2 is 1.88 bits per heavy atom. The lowest BCUT2D eigenvalue weighted by Crippen LogP contribution is -2.39. The van der Waals surface area contributed by atoms with E-state index < -0.39 is 0 Å². The molecule has 0 aromatic heterocycles. The zero-order valence-corrected chi connectivity index (χ0v) is 14.9. The zero-order valence-electron chi connectivity index (χ0n) is 14.1. The summed E-state index contributed by atoms with van der Waals surface area (Å²) >= 11 is 6.01. The number of esters is 1. The van der Waals surface area contributed by atoms with Crippen molar-refractivity contribution in [3.63, 3.8) is 0 Å². The molecular formula is C19H21ClO5. The molecule has 2 bridgehead atoms. The third-order valence-electron chi connectivity index (χ3n) is 5.20. The first-order valence-electron chi connectivity index (χ1n) is 8.56. The summed E-state index contributed by atoms with van der Waals surface area (Å²) in [6, 6.07) is 4.69. The van der Waals surface area contributed by atoms with Crippen LogP contribution in [0.15, 0.2) is 18.2 Å². The summed E-state index contributed by atoms with van der Waals surface area (Å²) in [6.45, 7) is -0.318. The average Bonchev–Trinajstić information content (AvgIpc) is 2.59. The van der Waals surface area contributed by atoms with E-state index in [4.69, 9.17) is 21.1 Å². The van der Waals surface area contributed by atoms with Crippen LogP contribution in [0.25, 0.3) is 0 Å². The van der Waals surface area contributed by atoms with Gasteiger partial charge in [-0.15, -0.1) is 0 Å². The summed E-state index contributed by atoms with van der Waals surface area (Å²) in [5.41, 5.74) is 0.370. The summed E-state index contributed by atoms with van der Waals surface area (Å²) < 4.78 is 10.3. The van der Waals surface area contributed by atoms with Crippen LogP contribution in [0.1, 0.15) is 42.5 Å². The molecule has 6 heteroatoms. The van der Waals surface area contributed by atoms with Gasteiger partial charge in [0, 0.05) is 17.4 Å². The van der Waals surface area contributed by atoms with Gasteiger partial charge in [0.15, 0.2) is 12.4 Å². The molecule has 2 saturated carbocycles. The van der Waals surface area contributed by atoms with E-state index in [9.17, 15) is 14.4 Å². The molecule has 0 aliphatic heterocycles. The van der Waals surface area contributed by atoms with Crippen molar-refractivity contribution in [3.8, 4) is 5.75 Å². The Labute approximate surface area is 151 Å². The van der Waals surface area contributed by atoms with Crippen molar-refractivity contribution in [1.29, 1.82) is 0 Å². The number of ether oxygens (including phenoxy) is 2. The Kier molecular flexibility index (Phi) is 5.42. The number of Topliss-reactive ketones (excluding diaryl/α,β-unsaturated/α-hetero) is 2. The van der Waals surface area contributed by atoms with E-state index in [-0.39, 0.29) is 36.1 Å². The van der Waals surface area contributed by atoms with Gasteiger partial charge in [0.05, 0.1) is 18.1 Å². The number of halogens is 1. The molecular weight excluding hydrogens is 344 g/mol. The van der Waals surface area contributed by atoms with Crippen molar-refractivity contribution in [2.24, 2.45) is 17.8 Å². The van der Waals surface area contributed by atoms with Crippen LogP contribution in [-0.4, -0.2) is 31.3 Å². The van der Waals surface area contributed by atoms with Crippen molar-refractivity contribution < 1.29 is 23.9 Å². The van der Waals surface area contributed by atoms with Crippen LogP contribution in [0.4, 0.5) is 0 Å². The van der Waals surface area contributed by atoms with Crippen LogP contribution in [0, 0.1) is 17.8 Å². The third-order valence-corrected chi connectivity index (χ3v) is 5.50. The molecule has 25 heavy (non-hydrogen) atoms. The van der Waals surface area contributed by atoms with Crippen molar-refractivity contribution >= 4 is 29.1 Å². The lowest BCUT2D eigenvalue weighted by atomic mass is 9.67. The van der Waals surface area contributed by atoms with Crippen molar-refractivity contribution in [2.75, 3.05) is 13.7 Å². The predicted molar refractivity (Wildman–Crippen MR) is 91.9 cm³/mol. The SMILES string of the molecule is COc1ccc(C(=O)COC(=O)C2C[C@H]3CCC[C@@H](C2)C3=O)cc1Cl. The Bertz CT molecular complexity index is 683. The van der Waals surface area contributed by atoms with E-state index in [1.165, 1.54) is 13.2 Å². The fourth-order valence-corrected chi connectivity index (χ4v) is 4.11. The maximum Gasteiger partial charge on any atom is 0.309 e. The standard InChI is InChI=1S/C19H21ClO5/c1-24-17-6-5-11(9-15(17)20)16(21)10-25-19(23)14-7-12-3-2-4-13(8-14)18(12)22/h5-6,9,12-14H,2-4,7-8,10H2,1H3/t12-,13+,14?. The monoisotopic (exact) mass is 364 g/mol. The molecule has 134 valence electrons. The molecule has 0 radical (unpaired) electrons. The van der Waals surface area contributed by atoms with Crippen LogP contribution in [-0.2, 0) is 14.3 Å². The Balaban J connectivity index is 1.56. The summed E-state index contributed by atoms with van der Waals surface area (Å²) in [5, 5.41) is 0.332. The van der Waals surface area contributed by atoms with Gasteiger partial charge in [-0.3, -0.25) is 14.4 Å². The predicted octanol–water partition coefficient (Wildman–Crippen LogP) is 3.47. The van der Waals surface area contributed by atoms with Gasteiger partial charge in [0.2, 0.25) is 0 Å². The molecule has 0 spiro atoms. The first kappa shape index (κ1) is 17.9. The first-order valence-corrected chi connectivity index (χ1v) is 8.94. The van der Waals surface area contributed by atoms with Crippen LogP contribution in [0.2, 0.25) is 5.02 Å². The highest BCUT2D eigenvalue weighted by atomic mass is 35.5. The molecule has 0 heterocycles. The average molecular weight is 365 g/mol. The second-order valence-electron chi connectivity index (χ2n) is 6.78. The molecule has 2 fully saturated rings. The molecule has 0 saturated heterocycles. The van der Waals surface area contributed by atoms with E-state index in [1.54, 1.807) is 12.1 Å². The highest BCUT2D eigenvalue weighted by Crippen LogP contribution is 2.40. The molecule has 5 nitrogen and oxygen atoms in total. The van der Waals surface area contributed by atoms with Gasteiger partial charge >= 0.3 is 5.97 Å². The number of carbonyl (C=O) groups excluding carboxylic acids is 3. The van der Waals surface area contributed by atoms with Gasteiger partial charge in [-0.25, -0.2) is 0 Å². The number of ketones is 2. The summed E-state index contributed by atoms with van der Waals surface area (Å²) in [5.74, 6) is -0.210. The van der Waals surface area contributed by atoms with Crippen molar-refractivity contribution in [1.82, 2.24) is 0 Å². The minimum Gasteiger partial charge on any atom is -0.495 e. The second-order valence-corrected chi connectivity index (χ2v) is 7.18. The van der Waals surface area contributed by atoms with Gasteiger partial charge < -0.3 is 9.47 Å². The number of carbonyl (C=O) groups is 3. The molecule has 2 aliphatic carbocycles. The van der Waals surface area contributed by atoms with E-state index in [2.05, 4.69) is 0 Å². The number of hydrogen-bond donors (Lipinski definition) is 0. The molecule has 2 aliphatic rings. The number of rotatable bonds is 5. The molecule has 1 unspecified atom stereocenters. The van der Waals surface area contributed by atoms with Crippen LogP contribution < -0.4 is 4.74 Å². The normalized spacial score (nSPS) is 25.4. The summed E-state index contributed by atoms with van der Waals surface area (Å²) in [4.78, 5) is 36.6. The Morgan fingerprint density at radius 3 is 2.48 bits per heavy atom. The fourth-order valence-electron chi connectivity index (χ4n) is 3.85. The van der Waals surface area contributed by atoms with Gasteiger partial charge in [-0.05, 0) is 43.9 Å². The van der Waals surface area contributed by atoms with Crippen LogP contribution in [0.5, 0.6) is 5.75 Å².